The molecular weight excluding hydrogens is 506 g/mol. The number of esters is 1. The number of nitrogens with zero attached hydrogens (tertiary/aromatic N) is 3. The van der Waals surface area contributed by atoms with Crippen molar-refractivity contribution in [2.45, 2.75) is 70.9 Å². The maximum atomic E-state index is 12.6. The highest BCUT2D eigenvalue weighted by molar-refractivity contribution is 5.90. The van der Waals surface area contributed by atoms with Crippen molar-refractivity contribution in [3.63, 3.8) is 0 Å². The molecular formula is C31H45N5O4. The molecule has 9 nitrogen and oxygen atoms in total. The molecule has 1 aromatic carbocycles. The number of nitrogens with two attached hydrogens (primary N) is 1. The Balaban J connectivity index is 0.00000181. The SMILES string of the molecule is CC.COC(=O)c1cc(N2CCC(OCC(=O)N3CCCC3)CC2)c(C(N)C2CCC2)c(Nc2ccccc2)n1. The van der Waals surface area contributed by atoms with Crippen molar-refractivity contribution in [1.29, 1.82) is 0 Å². The van der Waals surface area contributed by atoms with Gasteiger partial charge in [0.2, 0.25) is 5.91 Å². The fourth-order valence-electron chi connectivity index (χ4n) is 5.64. The van der Waals surface area contributed by atoms with E-state index < -0.39 is 5.97 Å². The number of likely N-dealkylation sites (tertiary alicyclic amines) is 1. The first-order chi connectivity index (χ1) is 19.5. The quantitative estimate of drug-likeness (QED) is 0.417. The number of amides is 1. The first kappa shape index (κ1) is 29.8. The Bertz CT molecular complexity index is 1110. The van der Waals surface area contributed by atoms with Crippen molar-refractivity contribution in [2.75, 3.05) is 50.1 Å². The highest BCUT2D eigenvalue weighted by Gasteiger charge is 2.33. The summed E-state index contributed by atoms with van der Waals surface area (Å²) in [6.45, 7) is 7.31. The molecule has 9 heteroatoms. The molecule has 2 aromatic rings. The van der Waals surface area contributed by atoms with Gasteiger partial charge < -0.3 is 30.3 Å². The number of rotatable bonds is 9. The van der Waals surface area contributed by atoms with Gasteiger partial charge in [-0.25, -0.2) is 9.78 Å². The molecule has 0 bridgehead atoms. The Morgan fingerprint density at radius 1 is 1.02 bits per heavy atom. The van der Waals surface area contributed by atoms with E-state index in [4.69, 9.17) is 20.2 Å². The molecule has 3 aliphatic rings. The minimum absolute atomic E-state index is 0.0328. The van der Waals surface area contributed by atoms with Crippen LogP contribution in [0.15, 0.2) is 36.4 Å². The van der Waals surface area contributed by atoms with Gasteiger partial charge in [0, 0.05) is 49.2 Å². The number of ether oxygens (including phenoxy) is 2. The van der Waals surface area contributed by atoms with E-state index in [9.17, 15) is 9.59 Å². The molecule has 0 radical (unpaired) electrons. The molecule has 3 fully saturated rings. The van der Waals surface area contributed by atoms with Crippen molar-refractivity contribution >= 4 is 29.1 Å². The van der Waals surface area contributed by atoms with Gasteiger partial charge in [0.1, 0.15) is 12.4 Å². The van der Waals surface area contributed by atoms with E-state index in [1.54, 1.807) is 0 Å². The Morgan fingerprint density at radius 3 is 2.30 bits per heavy atom. The predicted molar refractivity (Wildman–Crippen MR) is 158 cm³/mol. The first-order valence-electron chi connectivity index (χ1n) is 14.9. The fraction of sp³-hybridized carbons (Fsp3) is 0.581. The van der Waals surface area contributed by atoms with Crippen LogP contribution in [0.1, 0.15) is 80.9 Å². The molecule has 1 atom stereocenters. The number of aromatic nitrogens is 1. The van der Waals surface area contributed by atoms with Gasteiger partial charge in [0.05, 0.1) is 13.2 Å². The third-order valence-corrected chi connectivity index (χ3v) is 8.14. The van der Waals surface area contributed by atoms with Crippen LogP contribution in [0.25, 0.3) is 0 Å². The van der Waals surface area contributed by atoms with E-state index in [0.29, 0.717) is 11.7 Å². The van der Waals surface area contributed by atoms with E-state index in [-0.39, 0.29) is 30.4 Å². The molecule has 2 saturated heterocycles. The van der Waals surface area contributed by atoms with Crippen LogP contribution in [0.4, 0.5) is 17.2 Å². The average Bonchev–Trinajstić information content (AvgIpc) is 3.51. The summed E-state index contributed by atoms with van der Waals surface area (Å²) in [4.78, 5) is 33.9. The molecule has 3 heterocycles. The second-order valence-corrected chi connectivity index (χ2v) is 10.6. The molecule has 1 unspecified atom stereocenters. The molecule has 1 aromatic heterocycles. The van der Waals surface area contributed by atoms with E-state index in [1.807, 2.05) is 55.1 Å². The van der Waals surface area contributed by atoms with Crippen LogP contribution in [0, 0.1) is 5.92 Å². The van der Waals surface area contributed by atoms with Gasteiger partial charge in [-0.2, -0.15) is 0 Å². The predicted octanol–water partition coefficient (Wildman–Crippen LogP) is 5.05. The normalized spacial score (nSPS) is 18.4. The number of pyridine rings is 1. The second-order valence-electron chi connectivity index (χ2n) is 10.6. The maximum absolute atomic E-state index is 12.6. The highest BCUT2D eigenvalue weighted by Crippen LogP contribution is 2.43. The van der Waals surface area contributed by atoms with Gasteiger partial charge in [0.25, 0.3) is 0 Å². The number of para-hydroxylation sites is 1. The summed E-state index contributed by atoms with van der Waals surface area (Å²) >= 11 is 0. The summed E-state index contributed by atoms with van der Waals surface area (Å²) in [5.41, 5.74) is 9.89. The second kappa shape index (κ2) is 14.5. The average molecular weight is 552 g/mol. The van der Waals surface area contributed by atoms with Gasteiger partial charge in [-0.05, 0) is 62.6 Å². The summed E-state index contributed by atoms with van der Waals surface area (Å²) in [5, 5.41) is 3.43. The lowest BCUT2D eigenvalue weighted by molar-refractivity contribution is -0.137. The molecule has 1 saturated carbocycles. The number of piperidine rings is 1. The number of hydrogen-bond donors (Lipinski definition) is 2. The van der Waals surface area contributed by atoms with Gasteiger partial charge >= 0.3 is 5.97 Å². The third-order valence-electron chi connectivity index (χ3n) is 8.14. The number of methoxy groups -OCH3 is 1. The molecule has 5 rings (SSSR count). The third kappa shape index (κ3) is 7.12. The van der Waals surface area contributed by atoms with Gasteiger partial charge in [0.15, 0.2) is 5.69 Å². The van der Waals surface area contributed by atoms with E-state index in [1.165, 1.54) is 13.5 Å². The smallest absolute Gasteiger partial charge is 0.356 e. The Hall–Kier alpha value is -3.17. The number of carbonyl (C=O) groups excluding carboxylic acids is 2. The molecule has 40 heavy (non-hydrogen) atoms. The molecule has 218 valence electrons. The van der Waals surface area contributed by atoms with Crippen LogP contribution in [0.3, 0.4) is 0 Å². The van der Waals surface area contributed by atoms with Crippen molar-refractivity contribution in [3.05, 3.63) is 47.7 Å². The molecule has 1 aliphatic carbocycles. The Kier molecular flexibility index (Phi) is 10.8. The van der Waals surface area contributed by atoms with Crippen LogP contribution in [-0.4, -0.2) is 67.8 Å². The Morgan fingerprint density at radius 2 is 1.70 bits per heavy atom. The zero-order chi connectivity index (χ0) is 28.5. The van der Waals surface area contributed by atoms with Crippen LogP contribution >= 0.6 is 0 Å². The first-order valence-corrected chi connectivity index (χ1v) is 14.9. The van der Waals surface area contributed by atoms with Crippen LogP contribution in [0.5, 0.6) is 0 Å². The van der Waals surface area contributed by atoms with E-state index in [0.717, 1.165) is 81.6 Å². The van der Waals surface area contributed by atoms with Crippen LogP contribution in [-0.2, 0) is 14.3 Å². The van der Waals surface area contributed by atoms with E-state index >= 15 is 0 Å². The summed E-state index contributed by atoms with van der Waals surface area (Å²) < 4.78 is 11.1. The fourth-order valence-corrected chi connectivity index (χ4v) is 5.64. The lowest BCUT2D eigenvalue weighted by Gasteiger charge is -2.38. The monoisotopic (exact) mass is 551 g/mol. The summed E-state index contributed by atoms with van der Waals surface area (Å²) in [6, 6.07) is 11.4. The molecule has 3 N–H and O–H groups in total. The lowest BCUT2D eigenvalue weighted by atomic mass is 9.77. The number of carbonyl (C=O) groups is 2. The summed E-state index contributed by atoms with van der Waals surface area (Å²) in [5.74, 6) is 0.591. The lowest BCUT2D eigenvalue weighted by Crippen LogP contribution is -2.40. The van der Waals surface area contributed by atoms with Crippen molar-refractivity contribution in [3.8, 4) is 0 Å². The molecule has 2 aliphatic heterocycles. The Labute approximate surface area is 238 Å². The van der Waals surface area contributed by atoms with Crippen molar-refractivity contribution in [2.24, 2.45) is 11.7 Å². The number of hydrogen-bond acceptors (Lipinski definition) is 8. The number of anilines is 3. The van der Waals surface area contributed by atoms with Crippen LogP contribution < -0.4 is 16.0 Å². The van der Waals surface area contributed by atoms with Gasteiger partial charge in [-0.1, -0.05) is 38.5 Å². The van der Waals surface area contributed by atoms with Gasteiger partial charge in [-0.3, -0.25) is 4.79 Å². The topological polar surface area (TPSA) is 110 Å². The minimum Gasteiger partial charge on any atom is -0.464 e. The minimum atomic E-state index is -0.482. The molecule has 1 amide bonds. The zero-order valence-corrected chi connectivity index (χ0v) is 24.2. The van der Waals surface area contributed by atoms with Crippen LogP contribution in [0.2, 0.25) is 0 Å². The highest BCUT2D eigenvalue weighted by atomic mass is 16.5. The van der Waals surface area contributed by atoms with Crippen molar-refractivity contribution < 1.29 is 19.1 Å². The van der Waals surface area contributed by atoms with Crippen molar-refractivity contribution in [1.82, 2.24) is 9.88 Å². The maximum Gasteiger partial charge on any atom is 0.356 e. The van der Waals surface area contributed by atoms with Gasteiger partial charge in [-0.15, -0.1) is 0 Å². The molecule has 0 spiro atoms. The standard InChI is InChI=1S/C29H39N5O4.C2H6/c1-37-29(36)23-18-24(33-16-12-22(13-17-33)38-19-25(35)34-14-5-6-15-34)26(27(30)20-8-7-9-20)28(32-23)31-21-10-3-2-4-11-21;1-2/h2-4,10-11,18,20,22,27H,5-9,12-17,19,30H2,1H3,(H,31,32);1-2H3. The number of nitrogens with one attached hydrogen (secondary N) is 1. The van der Waals surface area contributed by atoms with E-state index in [2.05, 4.69) is 10.2 Å². The number of benzene rings is 1. The summed E-state index contributed by atoms with van der Waals surface area (Å²) in [6.07, 6.45) is 7.14. The zero-order valence-electron chi connectivity index (χ0n) is 24.2. The largest absolute Gasteiger partial charge is 0.464 e. The summed E-state index contributed by atoms with van der Waals surface area (Å²) in [7, 11) is 1.37.